The van der Waals surface area contributed by atoms with Crippen LogP contribution < -0.4 is 4.57 Å². The van der Waals surface area contributed by atoms with E-state index in [-0.39, 0.29) is 0 Å². The number of epoxide rings is 1. The molecule has 12 heavy (non-hydrogen) atoms. The predicted octanol–water partition coefficient (Wildman–Crippen LogP) is 0.354. The second kappa shape index (κ2) is 2.96. The van der Waals surface area contributed by atoms with Crippen molar-refractivity contribution in [1.82, 2.24) is 0 Å². The molecule has 1 fully saturated rings. The van der Waals surface area contributed by atoms with Gasteiger partial charge in [-0.2, -0.15) is 4.57 Å². The highest BCUT2D eigenvalue weighted by Gasteiger charge is 2.28. The summed E-state index contributed by atoms with van der Waals surface area (Å²) in [7, 11) is 0. The third-order valence-corrected chi connectivity index (χ3v) is 1.89. The second-order valence-electron chi connectivity index (χ2n) is 2.84. The summed E-state index contributed by atoms with van der Waals surface area (Å²) in [5, 5.41) is 0. The standard InChI is InChI=1S/C10H10NO/c1-2-9-5-3-4-6-11(9)7-10-8-12-10/h1,3-6,10H,7-8H2/q+1. The van der Waals surface area contributed by atoms with Crippen LogP contribution in [-0.4, -0.2) is 12.7 Å². The maximum Gasteiger partial charge on any atom is 0.256 e. The predicted molar refractivity (Wildman–Crippen MR) is 44.3 cm³/mol. The number of rotatable bonds is 2. The Morgan fingerprint density at radius 1 is 1.67 bits per heavy atom. The number of aromatic nitrogens is 1. The molecule has 1 unspecified atom stereocenters. The molecular formula is C10H10NO+. The normalized spacial score (nSPS) is 20.1. The SMILES string of the molecule is C#Cc1cccc[n+]1CC1CO1. The highest BCUT2D eigenvalue weighted by Crippen LogP contribution is 2.08. The number of terminal acetylenes is 1. The summed E-state index contributed by atoms with van der Waals surface area (Å²) >= 11 is 0. The van der Waals surface area contributed by atoms with E-state index in [0.717, 1.165) is 18.8 Å². The molecule has 1 aliphatic rings. The number of nitrogens with zero attached hydrogens (tertiary/aromatic N) is 1. The number of hydrogen-bond donors (Lipinski definition) is 0. The summed E-state index contributed by atoms with van der Waals surface area (Å²) in [5.41, 5.74) is 0.910. The highest BCUT2D eigenvalue weighted by atomic mass is 16.6. The Balaban J connectivity index is 2.22. The van der Waals surface area contributed by atoms with Crippen LogP contribution >= 0.6 is 0 Å². The lowest BCUT2D eigenvalue weighted by atomic mass is 10.3. The fourth-order valence-corrected chi connectivity index (χ4v) is 1.16. The van der Waals surface area contributed by atoms with Crippen molar-refractivity contribution < 1.29 is 9.30 Å². The van der Waals surface area contributed by atoms with Gasteiger partial charge in [0.1, 0.15) is 6.10 Å². The minimum Gasteiger partial charge on any atom is -0.366 e. The quantitative estimate of drug-likeness (QED) is 0.346. The van der Waals surface area contributed by atoms with Gasteiger partial charge in [-0.25, -0.2) is 0 Å². The van der Waals surface area contributed by atoms with E-state index >= 15 is 0 Å². The van der Waals surface area contributed by atoms with Gasteiger partial charge in [0, 0.05) is 12.1 Å². The van der Waals surface area contributed by atoms with Crippen molar-refractivity contribution in [1.29, 1.82) is 0 Å². The molecule has 60 valence electrons. The molecule has 0 N–H and O–H groups in total. The van der Waals surface area contributed by atoms with Crippen molar-refractivity contribution in [3.05, 3.63) is 30.1 Å². The molecule has 0 saturated carbocycles. The molecule has 0 radical (unpaired) electrons. The van der Waals surface area contributed by atoms with Crippen LogP contribution in [0.25, 0.3) is 0 Å². The van der Waals surface area contributed by atoms with Crippen LogP contribution in [0.5, 0.6) is 0 Å². The Bertz CT molecular complexity index is 323. The molecule has 0 aromatic carbocycles. The molecule has 2 heteroatoms. The minimum atomic E-state index is 0.379. The van der Waals surface area contributed by atoms with Gasteiger partial charge >= 0.3 is 0 Å². The molecule has 1 aromatic rings. The zero-order chi connectivity index (χ0) is 8.39. The fraction of sp³-hybridized carbons (Fsp3) is 0.300. The summed E-state index contributed by atoms with van der Waals surface area (Å²) < 4.78 is 7.16. The lowest BCUT2D eigenvalue weighted by molar-refractivity contribution is -0.700. The minimum absolute atomic E-state index is 0.379. The topological polar surface area (TPSA) is 16.4 Å². The van der Waals surface area contributed by atoms with Crippen LogP contribution in [0.1, 0.15) is 5.69 Å². The van der Waals surface area contributed by atoms with Crippen LogP contribution in [-0.2, 0) is 11.3 Å². The maximum absolute atomic E-state index is 5.34. The monoisotopic (exact) mass is 160 g/mol. The molecule has 0 spiro atoms. The van der Waals surface area contributed by atoms with E-state index in [0.29, 0.717) is 6.10 Å². The molecule has 1 aromatic heterocycles. The van der Waals surface area contributed by atoms with Crippen LogP contribution in [0.15, 0.2) is 24.4 Å². The first kappa shape index (κ1) is 7.33. The zero-order valence-electron chi connectivity index (χ0n) is 6.73. The average Bonchev–Trinajstić information content (AvgIpc) is 2.89. The largest absolute Gasteiger partial charge is 0.366 e. The van der Waals surface area contributed by atoms with E-state index in [1.54, 1.807) is 0 Å². The van der Waals surface area contributed by atoms with Crippen LogP contribution in [0.2, 0.25) is 0 Å². The van der Waals surface area contributed by atoms with Gasteiger partial charge in [0.2, 0.25) is 0 Å². The summed E-state index contributed by atoms with van der Waals surface area (Å²) in [6.45, 7) is 1.74. The highest BCUT2D eigenvalue weighted by molar-refractivity contribution is 5.18. The summed E-state index contributed by atoms with van der Waals surface area (Å²) in [6, 6.07) is 5.85. The second-order valence-corrected chi connectivity index (χ2v) is 2.84. The van der Waals surface area contributed by atoms with Crippen LogP contribution in [0, 0.1) is 12.3 Å². The van der Waals surface area contributed by atoms with E-state index in [4.69, 9.17) is 11.2 Å². The Kier molecular flexibility index (Phi) is 1.81. The van der Waals surface area contributed by atoms with E-state index in [2.05, 4.69) is 5.92 Å². The fourth-order valence-electron chi connectivity index (χ4n) is 1.16. The molecule has 1 atom stereocenters. The van der Waals surface area contributed by atoms with E-state index in [1.807, 2.05) is 29.0 Å². The van der Waals surface area contributed by atoms with Gasteiger partial charge < -0.3 is 4.74 Å². The third kappa shape index (κ3) is 1.46. The van der Waals surface area contributed by atoms with E-state index in [1.165, 1.54) is 0 Å². The molecule has 1 aliphatic heterocycles. The van der Waals surface area contributed by atoms with Gasteiger partial charge in [-0.05, 0) is 12.0 Å². The molecular weight excluding hydrogens is 150 g/mol. The Morgan fingerprint density at radius 3 is 3.17 bits per heavy atom. The van der Waals surface area contributed by atoms with Gasteiger partial charge in [0.05, 0.1) is 6.61 Å². The first-order chi connectivity index (χ1) is 5.90. The average molecular weight is 160 g/mol. The first-order valence-electron chi connectivity index (χ1n) is 3.97. The van der Waals surface area contributed by atoms with Gasteiger partial charge in [0.15, 0.2) is 12.7 Å². The van der Waals surface area contributed by atoms with Gasteiger partial charge in [-0.3, -0.25) is 0 Å². The lowest BCUT2D eigenvalue weighted by Gasteiger charge is -1.94. The first-order valence-corrected chi connectivity index (χ1v) is 3.97. The summed E-state index contributed by atoms with van der Waals surface area (Å²) in [5.74, 6) is 2.64. The molecule has 2 nitrogen and oxygen atoms in total. The van der Waals surface area contributed by atoms with Gasteiger partial charge in [-0.1, -0.05) is 0 Å². The molecule has 0 amide bonds. The summed E-state index contributed by atoms with van der Waals surface area (Å²) in [6.07, 6.45) is 7.70. The molecule has 0 bridgehead atoms. The van der Waals surface area contributed by atoms with E-state index < -0.39 is 0 Å². The van der Waals surface area contributed by atoms with Gasteiger partial charge in [-0.15, -0.1) is 6.42 Å². The Labute approximate surface area is 71.8 Å². The van der Waals surface area contributed by atoms with E-state index in [9.17, 15) is 0 Å². The third-order valence-electron chi connectivity index (χ3n) is 1.89. The Morgan fingerprint density at radius 2 is 2.50 bits per heavy atom. The summed E-state index contributed by atoms with van der Waals surface area (Å²) in [4.78, 5) is 0. The smallest absolute Gasteiger partial charge is 0.256 e. The van der Waals surface area contributed by atoms with Crippen molar-refractivity contribution in [2.45, 2.75) is 12.6 Å². The number of hydrogen-bond acceptors (Lipinski definition) is 1. The van der Waals surface area contributed by atoms with Crippen molar-refractivity contribution in [2.75, 3.05) is 6.61 Å². The molecule has 0 aliphatic carbocycles. The number of ether oxygens (including phenoxy) is 1. The van der Waals surface area contributed by atoms with Crippen molar-refractivity contribution >= 4 is 0 Å². The van der Waals surface area contributed by atoms with Gasteiger partial charge in [0.25, 0.3) is 5.69 Å². The zero-order valence-corrected chi connectivity index (χ0v) is 6.73. The van der Waals surface area contributed by atoms with Crippen molar-refractivity contribution in [3.8, 4) is 12.3 Å². The molecule has 2 heterocycles. The van der Waals surface area contributed by atoms with Crippen molar-refractivity contribution in [3.63, 3.8) is 0 Å². The number of pyridine rings is 1. The maximum atomic E-state index is 5.34. The molecule has 1 saturated heterocycles. The van der Waals surface area contributed by atoms with Crippen molar-refractivity contribution in [2.24, 2.45) is 0 Å². The van der Waals surface area contributed by atoms with Crippen LogP contribution in [0.4, 0.5) is 0 Å². The van der Waals surface area contributed by atoms with Crippen LogP contribution in [0.3, 0.4) is 0 Å². The Hall–Kier alpha value is -1.33. The lowest BCUT2D eigenvalue weighted by Crippen LogP contribution is -2.39. The molecule has 2 rings (SSSR count).